The number of aryl methyl sites for hydroxylation is 1. The maximum Gasteiger partial charge on any atom is 0.441 e. The van der Waals surface area contributed by atoms with Crippen LogP contribution < -0.4 is 16.4 Å². The number of rotatable bonds is 7. The topological polar surface area (TPSA) is 135 Å². The number of carbonyl (C=O) groups is 2. The molecule has 0 spiro atoms. The Bertz CT molecular complexity index is 1730. The maximum atomic E-state index is 15.7. The predicted octanol–water partition coefficient (Wildman–Crippen LogP) is 4.75. The average Bonchev–Trinajstić information content (AvgIpc) is 3.25. The zero-order chi connectivity index (χ0) is 30.1. The lowest BCUT2D eigenvalue weighted by molar-refractivity contribution is -0.284. The molecule has 0 aliphatic rings. The highest BCUT2D eigenvalue weighted by atomic mass is 19.4. The number of hydrogen-bond donors (Lipinski definition) is 3. The summed E-state index contributed by atoms with van der Waals surface area (Å²) in [5.74, 6) is -3.26. The van der Waals surface area contributed by atoms with Gasteiger partial charge in [-0.3, -0.25) is 9.59 Å². The van der Waals surface area contributed by atoms with Crippen molar-refractivity contribution in [1.29, 1.82) is 5.26 Å². The molecule has 9 nitrogen and oxygen atoms in total. The summed E-state index contributed by atoms with van der Waals surface area (Å²) >= 11 is 0. The third-order valence-corrected chi connectivity index (χ3v) is 6.42. The number of anilines is 2. The first-order valence-electron chi connectivity index (χ1n) is 11.8. The van der Waals surface area contributed by atoms with E-state index in [1.807, 2.05) is 11.4 Å². The van der Waals surface area contributed by atoms with Crippen LogP contribution in [0, 0.1) is 17.1 Å². The molecule has 2 aromatic carbocycles. The molecule has 2 aromatic heterocycles. The summed E-state index contributed by atoms with van der Waals surface area (Å²) < 4.78 is 67.5. The number of nitrogen functional groups attached to an aromatic ring is 1. The summed E-state index contributed by atoms with van der Waals surface area (Å²) in [4.78, 5) is 28.7. The molecule has 4 aromatic rings. The summed E-state index contributed by atoms with van der Waals surface area (Å²) in [6.45, 7) is 3.31. The summed E-state index contributed by atoms with van der Waals surface area (Å²) in [5, 5.41) is 13.7. The fourth-order valence-corrected chi connectivity index (χ4v) is 4.59. The highest BCUT2D eigenvalue weighted by molar-refractivity contribution is 6.03. The minimum atomic E-state index is -5.35. The Balaban J connectivity index is 2.13. The number of amides is 2. The average molecular weight is 567 g/mol. The normalized spacial score (nSPS) is 12.8. The van der Waals surface area contributed by atoms with Gasteiger partial charge in [0.05, 0.1) is 27.7 Å². The molecular weight excluding hydrogens is 544 g/mol. The Labute approximate surface area is 230 Å². The van der Waals surface area contributed by atoms with Gasteiger partial charge in [0.1, 0.15) is 17.7 Å². The van der Waals surface area contributed by atoms with Gasteiger partial charge in [0, 0.05) is 37.2 Å². The van der Waals surface area contributed by atoms with Crippen LogP contribution in [0.3, 0.4) is 0 Å². The first-order valence-corrected chi connectivity index (χ1v) is 11.8. The highest BCUT2D eigenvalue weighted by Crippen LogP contribution is 2.50. The molecule has 13 heteroatoms. The second kappa shape index (κ2) is 10.7. The first-order chi connectivity index (χ1) is 19.4. The molecule has 0 saturated carbocycles. The van der Waals surface area contributed by atoms with Crippen LogP contribution in [-0.4, -0.2) is 34.7 Å². The van der Waals surface area contributed by atoms with Crippen molar-refractivity contribution in [3.05, 3.63) is 89.9 Å². The van der Waals surface area contributed by atoms with Gasteiger partial charge in [-0.2, -0.15) is 18.4 Å². The van der Waals surface area contributed by atoms with E-state index in [1.165, 1.54) is 37.4 Å². The monoisotopic (exact) mass is 566 g/mol. The van der Waals surface area contributed by atoms with Crippen molar-refractivity contribution in [2.45, 2.75) is 11.9 Å². The second-order valence-corrected chi connectivity index (χ2v) is 8.77. The van der Waals surface area contributed by atoms with E-state index in [-0.39, 0.29) is 33.3 Å². The smallest absolute Gasteiger partial charge is 0.383 e. The molecule has 0 aliphatic heterocycles. The van der Waals surface area contributed by atoms with E-state index in [0.717, 1.165) is 36.1 Å². The van der Waals surface area contributed by atoms with Crippen molar-refractivity contribution in [2.24, 2.45) is 7.05 Å². The number of alkyl halides is 3. The number of nitriles is 1. The SMILES string of the molecule is C=CC(=O)Nc1ccc(-c2c(C(NC(=O)c3ccccc3)(OC)C(F)(F)F)c3c(N)ncc(C#N)c3n2C)c(F)c1. The summed E-state index contributed by atoms with van der Waals surface area (Å²) in [5.41, 5.74) is 0.528. The number of carbonyl (C=O) groups excluding carboxylic acids is 2. The van der Waals surface area contributed by atoms with Crippen molar-refractivity contribution in [2.75, 3.05) is 18.2 Å². The Morgan fingerprint density at radius 3 is 2.44 bits per heavy atom. The fourth-order valence-electron chi connectivity index (χ4n) is 4.59. The Kier molecular flexibility index (Phi) is 7.54. The number of fused-ring (bicyclic) bond motifs is 1. The summed E-state index contributed by atoms with van der Waals surface area (Å²) in [7, 11) is 2.04. The molecule has 41 heavy (non-hydrogen) atoms. The molecule has 0 bridgehead atoms. The van der Waals surface area contributed by atoms with Gasteiger partial charge in [-0.1, -0.05) is 24.8 Å². The van der Waals surface area contributed by atoms with Crippen LogP contribution in [-0.2, 0) is 22.3 Å². The van der Waals surface area contributed by atoms with Crippen molar-refractivity contribution < 1.29 is 31.9 Å². The van der Waals surface area contributed by atoms with Gasteiger partial charge in [0.25, 0.3) is 11.6 Å². The molecule has 0 radical (unpaired) electrons. The molecule has 2 heterocycles. The first kappa shape index (κ1) is 28.8. The molecule has 4 rings (SSSR count). The van der Waals surface area contributed by atoms with Crippen LogP contribution in [0.2, 0.25) is 0 Å². The van der Waals surface area contributed by atoms with Crippen LogP contribution in [0.4, 0.5) is 29.1 Å². The zero-order valence-electron chi connectivity index (χ0n) is 21.6. The van der Waals surface area contributed by atoms with E-state index in [4.69, 9.17) is 10.5 Å². The van der Waals surface area contributed by atoms with E-state index in [1.54, 1.807) is 6.07 Å². The molecule has 1 atom stereocenters. The van der Waals surface area contributed by atoms with Crippen LogP contribution in [0.1, 0.15) is 21.5 Å². The number of benzene rings is 2. The van der Waals surface area contributed by atoms with Crippen molar-refractivity contribution in [3.8, 4) is 17.3 Å². The van der Waals surface area contributed by atoms with Gasteiger partial charge < -0.3 is 25.7 Å². The molecule has 0 aliphatic carbocycles. The number of ether oxygens (including phenoxy) is 1. The molecule has 4 N–H and O–H groups in total. The van der Waals surface area contributed by atoms with E-state index >= 15 is 17.6 Å². The van der Waals surface area contributed by atoms with Gasteiger partial charge in [-0.05, 0) is 36.4 Å². The van der Waals surface area contributed by atoms with Gasteiger partial charge in [0.2, 0.25) is 5.91 Å². The largest absolute Gasteiger partial charge is 0.441 e. The Hall–Kier alpha value is -5.22. The van der Waals surface area contributed by atoms with Crippen molar-refractivity contribution in [1.82, 2.24) is 14.9 Å². The summed E-state index contributed by atoms with van der Waals surface area (Å²) in [6.07, 6.45) is -3.32. The molecule has 1 unspecified atom stereocenters. The standard InChI is InChI=1S/C28H22F4N6O3/c1-4-20(39)36-17-10-11-18(19(29)12-17)24-22(21-23(38(24)2)16(13-33)14-35-25(21)34)27(41-3,28(30,31)32)37-26(40)15-8-6-5-7-9-15/h4-12,14H,1H2,2-3H3,(H2,34,35)(H,36,39)(H,37,40). The third kappa shape index (κ3) is 4.85. The number of halogens is 4. The van der Waals surface area contributed by atoms with Crippen molar-refractivity contribution in [3.63, 3.8) is 0 Å². The van der Waals surface area contributed by atoms with Crippen LogP contribution in [0.25, 0.3) is 22.2 Å². The lowest BCUT2D eigenvalue weighted by atomic mass is 9.93. The number of pyridine rings is 1. The predicted molar refractivity (Wildman–Crippen MR) is 143 cm³/mol. The van der Waals surface area contributed by atoms with E-state index < -0.39 is 46.6 Å². The molecular formula is C28H22F4N6O3. The van der Waals surface area contributed by atoms with Gasteiger partial charge in [-0.25, -0.2) is 9.37 Å². The molecule has 0 saturated heterocycles. The quantitative estimate of drug-likeness (QED) is 0.168. The Morgan fingerprint density at radius 2 is 1.88 bits per heavy atom. The van der Waals surface area contributed by atoms with Crippen LogP contribution >= 0.6 is 0 Å². The molecule has 2 amide bonds. The van der Waals surface area contributed by atoms with Crippen molar-refractivity contribution >= 4 is 34.2 Å². The van der Waals surface area contributed by atoms with E-state index in [9.17, 15) is 14.9 Å². The fraction of sp³-hybridized carbons (Fsp3) is 0.143. The number of hydrogen-bond acceptors (Lipinski definition) is 6. The maximum absolute atomic E-state index is 15.7. The lowest BCUT2D eigenvalue weighted by Crippen LogP contribution is -2.57. The summed E-state index contributed by atoms with van der Waals surface area (Å²) in [6, 6.07) is 12.3. The van der Waals surface area contributed by atoms with Crippen LogP contribution in [0.15, 0.2) is 67.4 Å². The molecule has 0 fully saturated rings. The highest BCUT2D eigenvalue weighted by Gasteiger charge is 2.61. The van der Waals surface area contributed by atoms with Gasteiger partial charge in [0.15, 0.2) is 0 Å². The number of nitrogens with zero attached hydrogens (tertiary/aromatic N) is 3. The Morgan fingerprint density at radius 1 is 1.20 bits per heavy atom. The second-order valence-electron chi connectivity index (χ2n) is 8.77. The lowest BCUT2D eigenvalue weighted by Gasteiger charge is -2.36. The number of aromatic nitrogens is 2. The molecule has 210 valence electrons. The number of nitrogens with two attached hydrogens (primary N) is 1. The number of methoxy groups -OCH3 is 1. The third-order valence-electron chi connectivity index (χ3n) is 6.42. The van der Waals surface area contributed by atoms with E-state index in [0.29, 0.717) is 0 Å². The number of nitrogens with one attached hydrogen (secondary N) is 2. The van der Waals surface area contributed by atoms with Gasteiger partial charge in [-0.15, -0.1) is 0 Å². The van der Waals surface area contributed by atoms with E-state index in [2.05, 4.69) is 16.9 Å². The minimum Gasteiger partial charge on any atom is -0.383 e. The van der Waals surface area contributed by atoms with Gasteiger partial charge >= 0.3 is 6.18 Å². The van der Waals surface area contributed by atoms with Crippen LogP contribution in [0.5, 0.6) is 0 Å². The minimum absolute atomic E-state index is 0.00145. The zero-order valence-corrected chi connectivity index (χ0v) is 21.6.